The molecule has 11 rings (SSSR count). The minimum Gasteiger partial charge on any atom is -0.309 e. The molecule has 0 unspecified atom stereocenters. The van der Waals surface area contributed by atoms with E-state index in [1.165, 1.54) is 71.2 Å². The molecule has 0 aliphatic heterocycles. The van der Waals surface area contributed by atoms with Gasteiger partial charge in [-0.05, 0) is 86.4 Å². The Morgan fingerprint density at radius 1 is 0.310 bits per heavy atom. The molecule has 0 N–H and O–H groups in total. The van der Waals surface area contributed by atoms with Crippen molar-refractivity contribution in [2.45, 2.75) is 0 Å². The summed E-state index contributed by atoms with van der Waals surface area (Å²) >= 11 is 0. The lowest BCUT2D eigenvalue weighted by molar-refractivity contribution is 1.18. The maximum atomic E-state index is 2.51. The fraction of sp³-hybridized carbons (Fsp3) is 0. The normalized spacial score (nSPS) is 11.4. The first-order valence-corrected chi connectivity index (χ1v) is 19.9. The standard InChI is InChI=1S/C56H38N2/c1-5-19-39(20-6-1)42-25-17-28-44(37-42)57(56-50-32-16-14-30-48(50)47-29-13-15-31-49(47)54(56)41-23-9-3-10-24-41)45-35-36-51-53(38-45)58(43-26-11-4-12-27-43)52-34-18-33-46(55(51)52)40-21-7-2-8-22-40/h1-38H. The van der Waals surface area contributed by atoms with E-state index in [9.17, 15) is 0 Å². The maximum absolute atomic E-state index is 2.51. The van der Waals surface area contributed by atoms with Crippen molar-refractivity contribution in [1.82, 2.24) is 4.57 Å². The summed E-state index contributed by atoms with van der Waals surface area (Å²) in [6, 6.07) is 83.8. The van der Waals surface area contributed by atoms with Crippen LogP contribution in [0.2, 0.25) is 0 Å². The summed E-state index contributed by atoms with van der Waals surface area (Å²) in [6.45, 7) is 0. The highest BCUT2D eigenvalue weighted by molar-refractivity contribution is 6.23. The lowest BCUT2D eigenvalue weighted by Gasteiger charge is -2.31. The van der Waals surface area contributed by atoms with Crippen LogP contribution >= 0.6 is 0 Å². The maximum Gasteiger partial charge on any atom is 0.0624 e. The lowest BCUT2D eigenvalue weighted by Crippen LogP contribution is -2.12. The number of fused-ring (bicyclic) bond motifs is 6. The van der Waals surface area contributed by atoms with Crippen LogP contribution in [0.3, 0.4) is 0 Å². The fourth-order valence-electron chi connectivity index (χ4n) is 9.02. The van der Waals surface area contributed by atoms with Crippen molar-refractivity contribution < 1.29 is 0 Å². The third-order valence-electron chi connectivity index (χ3n) is 11.5. The summed E-state index contributed by atoms with van der Waals surface area (Å²) in [5.41, 5.74) is 13.9. The van der Waals surface area contributed by atoms with Crippen LogP contribution in [0, 0.1) is 0 Å². The number of nitrogens with zero attached hydrogens (tertiary/aromatic N) is 2. The van der Waals surface area contributed by atoms with Gasteiger partial charge in [-0.1, -0.05) is 188 Å². The van der Waals surface area contributed by atoms with E-state index >= 15 is 0 Å². The van der Waals surface area contributed by atoms with E-state index in [4.69, 9.17) is 0 Å². The SMILES string of the molecule is c1ccc(-c2cccc(N(c3ccc4c5c(-c6ccccc6)cccc5n(-c5ccccc5)c4c3)c3c(-c4ccccc4)c4ccccc4c4ccccc34)c2)cc1. The lowest BCUT2D eigenvalue weighted by atomic mass is 9.90. The molecule has 10 aromatic carbocycles. The highest BCUT2D eigenvalue weighted by Gasteiger charge is 2.25. The first kappa shape index (κ1) is 33.6. The summed E-state index contributed by atoms with van der Waals surface area (Å²) in [5, 5.41) is 7.35. The van der Waals surface area contributed by atoms with Crippen molar-refractivity contribution in [2.75, 3.05) is 4.90 Å². The summed E-state index contributed by atoms with van der Waals surface area (Å²) in [5.74, 6) is 0. The van der Waals surface area contributed by atoms with E-state index in [1.807, 2.05) is 0 Å². The molecule has 0 aliphatic carbocycles. The third kappa shape index (κ3) is 5.57. The molecular weight excluding hydrogens is 701 g/mol. The van der Waals surface area contributed by atoms with Crippen LogP contribution in [0.25, 0.3) is 82.4 Å². The fourth-order valence-corrected chi connectivity index (χ4v) is 9.02. The Balaban J connectivity index is 1.28. The average molecular weight is 739 g/mol. The van der Waals surface area contributed by atoms with E-state index in [0.29, 0.717) is 0 Å². The molecule has 2 heteroatoms. The highest BCUT2D eigenvalue weighted by atomic mass is 15.1. The number of hydrogen-bond donors (Lipinski definition) is 0. The summed E-state index contributed by atoms with van der Waals surface area (Å²) in [4.78, 5) is 2.51. The predicted molar refractivity (Wildman–Crippen MR) is 247 cm³/mol. The van der Waals surface area contributed by atoms with Crippen LogP contribution in [0.4, 0.5) is 17.1 Å². The Hall–Kier alpha value is -7.68. The van der Waals surface area contributed by atoms with Crippen molar-refractivity contribution in [3.05, 3.63) is 231 Å². The predicted octanol–water partition coefficient (Wildman–Crippen LogP) is 15.6. The molecule has 1 heterocycles. The van der Waals surface area contributed by atoms with E-state index < -0.39 is 0 Å². The topological polar surface area (TPSA) is 8.17 Å². The molecule has 272 valence electrons. The van der Waals surface area contributed by atoms with Gasteiger partial charge in [0.15, 0.2) is 0 Å². The minimum absolute atomic E-state index is 1.08. The van der Waals surface area contributed by atoms with Crippen LogP contribution < -0.4 is 4.90 Å². The summed E-state index contributed by atoms with van der Waals surface area (Å²) < 4.78 is 2.44. The summed E-state index contributed by atoms with van der Waals surface area (Å²) in [7, 11) is 0. The second kappa shape index (κ2) is 14.1. The molecule has 0 fully saturated rings. The van der Waals surface area contributed by atoms with Gasteiger partial charge in [0.1, 0.15) is 0 Å². The quantitative estimate of drug-likeness (QED) is 0.148. The van der Waals surface area contributed by atoms with Crippen molar-refractivity contribution in [3.63, 3.8) is 0 Å². The van der Waals surface area contributed by atoms with Gasteiger partial charge in [-0.2, -0.15) is 0 Å². The number of aromatic nitrogens is 1. The molecule has 1 aromatic heterocycles. The first-order valence-electron chi connectivity index (χ1n) is 19.9. The van der Waals surface area contributed by atoms with Crippen molar-refractivity contribution in [2.24, 2.45) is 0 Å². The van der Waals surface area contributed by atoms with Gasteiger partial charge in [-0.25, -0.2) is 0 Å². The molecule has 2 nitrogen and oxygen atoms in total. The molecule has 0 saturated carbocycles. The molecular formula is C56H38N2. The molecule has 0 radical (unpaired) electrons. The molecule has 0 atom stereocenters. The van der Waals surface area contributed by atoms with E-state index in [-0.39, 0.29) is 0 Å². The number of hydrogen-bond acceptors (Lipinski definition) is 1. The van der Waals surface area contributed by atoms with Crippen LogP contribution in [0.5, 0.6) is 0 Å². The van der Waals surface area contributed by atoms with E-state index in [0.717, 1.165) is 28.3 Å². The van der Waals surface area contributed by atoms with Crippen molar-refractivity contribution in [1.29, 1.82) is 0 Å². The average Bonchev–Trinajstić information content (AvgIpc) is 3.64. The number of para-hydroxylation sites is 1. The smallest absolute Gasteiger partial charge is 0.0624 e. The monoisotopic (exact) mass is 738 g/mol. The zero-order chi connectivity index (χ0) is 38.4. The largest absolute Gasteiger partial charge is 0.309 e. The molecule has 0 aliphatic rings. The van der Waals surface area contributed by atoms with Gasteiger partial charge in [0, 0.05) is 38.8 Å². The highest BCUT2D eigenvalue weighted by Crippen LogP contribution is 2.50. The Labute approximate surface area is 338 Å². The Morgan fingerprint density at radius 3 is 1.55 bits per heavy atom. The Kier molecular flexibility index (Phi) is 8.19. The second-order valence-corrected chi connectivity index (χ2v) is 14.9. The van der Waals surface area contributed by atoms with Gasteiger partial charge in [0.05, 0.1) is 16.7 Å². The van der Waals surface area contributed by atoms with Crippen molar-refractivity contribution >= 4 is 60.4 Å². The Bertz CT molecular complexity index is 3260. The molecule has 0 saturated heterocycles. The van der Waals surface area contributed by atoms with E-state index in [1.54, 1.807) is 0 Å². The van der Waals surface area contributed by atoms with Crippen LogP contribution in [-0.4, -0.2) is 4.57 Å². The van der Waals surface area contributed by atoms with Gasteiger partial charge in [-0.15, -0.1) is 0 Å². The van der Waals surface area contributed by atoms with Gasteiger partial charge >= 0.3 is 0 Å². The third-order valence-corrected chi connectivity index (χ3v) is 11.5. The first-order chi connectivity index (χ1) is 28.8. The van der Waals surface area contributed by atoms with E-state index in [2.05, 4.69) is 240 Å². The van der Waals surface area contributed by atoms with Crippen LogP contribution in [0.1, 0.15) is 0 Å². The zero-order valence-corrected chi connectivity index (χ0v) is 31.8. The summed E-state index contributed by atoms with van der Waals surface area (Å²) in [6.07, 6.45) is 0. The van der Waals surface area contributed by atoms with Gasteiger partial charge in [0.25, 0.3) is 0 Å². The molecule has 58 heavy (non-hydrogen) atoms. The zero-order valence-electron chi connectivity index (χ0n) is 31.8. The van der Waals surface area contributed by atoms with Crippen LogP contribution in [-0.2, 0) is 0 Å². The van der Waals surface area contributed by atoms with Crippen LogP contribution in [0.15, 0.2) is 231 Å². The molecule has 0 spiro atoms. The number of anilines is 3. The van der Waals surface area contributed by atoms with Gasteiger partial charge in [-0.3, -0.25) is 0 Å². The second-order valence-electron chi connectivity index (χ2n) is 14.9. The number of benzene rings is 10. The van der Waals surface area contributed by atoms with Gasteiger partial charge < -0.3 is 9.47 Å². The Morgan fingerprint density at radius 2 is 0.845 bits per heavy atom. The van der Waals surface area contributed by atoms with Crippen molar-refractivity contribution in [3.8, 4) is 39.1 Å². The molecule has 11 aromatic rings. The molecule has 0 bridgehead atoms. The minimum atomic E-state index is 1.08. The molecule has 0 amide bonds. The van der Waals surface area contributed by atoms with Gasteiger partial charge in [0.2, 0.25) is 0 Å². The number of rotatable bonds is 7.